The van der Waals surface area contributed by atoms with E-state index in [0.29, 0.717) is 20.6 Å². The van der Waals surface area contributed by atoms with Gasteiger partial charge in [-0.15, -0.1) is 11.3 Å². The van der Waals surface area contributed by atoms with Crippen LogP contribution in [0.2, 0.25) is 0 Å². The fourth-order valence-corrected chi connectivity index (χ4v) is 5.70. The number of carbonyl (C=O) groups is 1. The molecular formula is C26H20N2O4S2. The Labute approximate surface area is 203 Å². The molecule has 0 saturated carbocycles. The van der Waals surface area contributed by atoms with Crippen LogP contribution in [-0.4, -0.2) is 22.2 Å². The molecule has 4 aromatic rings. The van der Waals surface area contributed by atoms with E-state index in [9.17, 15) is 14.7 Å². The van der Waals surface area contributed by atoms with E-state index in [-0.39, 0.29) is 17.9 Å². The number of fused-ring (bicyclic) bond motifs is 1. The summed E-state index contributed by atoms with van der Waals surface area (Å²) in [5, 5.41) is 11.5. The highest BCUT2D eigenvalue weighted by Crippen LogP contribution is 2.36. The maximum Gasteiger partial charge on any atom is 0.338 e. The quantitative estimate of drug-likeness (QED) is 0.435. The predicted octanol–water partition coefficient (Wildman–Crippen LogP) is 3.70. The molecule has 0 spiro atoms. The zero-order valence-corrected chi connectivity index (χ0v) is 19.8. The average molecular weight is 489 g/mol. The van der Waals surface area contributed by atoms with Crippen molar-refractivity contribution in [3.8, 4) is 5.75 Å². The SMILES string of the molecule is CCOC(=O)C1=C(c2ccccc2)N=c2s/c(=C\c3ccc(O)cc3)c(=O)n2[C@@H]1c1cccs1. The van der Waals surface area contributed by atoms with Crippen LogP contribution in [0.3, 0.4) is 0 Å². The number of ether oxygens (including phenoxy) is 1. The molecule has 1 aliphatic rings. The van der Waals surface area contributed by atoms with Crippen LogP contribution in [0.4, 0.5) is 0 Å². The molecule has 6 nitrogen and oxygen atoms in total. The summed E-state index contributed by atoms with van der Waals surface area (Å²) in [7, 11) is 0. The van der Waals surface area contributed by atoms with Gasteiger partial charge in [-0.25, -0.2) is 9.79 Å². The summed E-state index contributed by atoms with van der Waals surface area (Å²) in [4.78, 5) is 33.0. The molecule has 2 aromatic heterocycles. The van der Waals surface area contributed by atoms with E-state index in [0.717, 1.165) is 16.0 Å². The lowest BCUT2D eigenvalue weighted by atomic mass is 9.97. The standard InChI is InChI=1S/C26H20N2O4S2/c1-2-32-25(31)21-22(17-7-4-3-5-8-17)27-26-28(23(21)19-9-6-14-33-19)24(30)20(34-26)15-16-10-12-18(29)13-11-16/h3-15,23,29H,2H2,1H3/b20-15-/t23-/m1/s1. The molecular weight excluding hydrogens is 468 g/mol. The van der Waals surface area contributed by atoms with Crippen molar-refractivity contribution in [3.05, 3.63) is 113 Å². The van der Waals surface area contributed by atoms with Gasteiger partial charge in [0.1, 0.15) is 11.8 Å². The summed E-state index contributed by atoms with van der Waals surface area (Å²) in [6.07, 6.45) is 1.77. The van der Waals surface area contributed by atoms with Crippen molar-refractivity contribution in [3.63, 3.8) is 0 Å². The number of aromatic nitrogens is 1. The number of hydrogen-bond donors (Lipinski definition) is 1. The summed E-state index contributed by atoms with van der Waals surface area (Å²) in [5.74, 6) is -0.334. The molecule has 0 aliphatic carbocycles. The smallest absolute Gasteiger partial charge is 0.338 e. The molecule has 2 aromatic carbocycles. The zero-order valence-electron chi connectivity index (χ0n) is 18.2. The van der Waals surface area contributed by atoms with Crippen LogP contribution in [0.25, 0.3) is 11.8 Å². The number of benzene rings is 2. The van der Waals surface area contributed by atoms with Gasteiger partial charge in [-0.3, -0.25) is 9.36 Å². The molecule has 5 rings (SSSR count). The number of aromatic hydroxyl groups is 1. The summed E-state index contributed by atoms with van der Waals surface area (Å²) in [5.41, 5.74) is 2.19. The van der Waals surface area contributed by atoms with Crippen LogP contribution in [-0.2, 0) is 9.53 Å². The fourth-order valence-electron chi connectivity index (χ4n) is 3.88. The molecule has 170 valence electrons. The number of phenols is 1. The second kappa shape index (κ2) is 9.24. The van der Waals surface area contributed by atoms with Crippen LogP contribution in [0.5, 0.6) is 5.75 Å². The van der Waals surface area contributed by atoms with E-state index >= 15 is 0 Å². The minimum absolute atomic E-state index is 0.155. The first-order valence-electron chi connectivity index (χ1n) is 10.7. The summed E-state index contributed by atoms with van der Waals surface area (Å²) < 4.78 is 7.51. The van der Waals surface area contributed by atoms with Gasteiger partial charge >= 0.3 is 5.97 Å². The number of esters is 1. The van der Waals surface area contributed by atoms with Gasteiger partial charge < -0.3 is 9.84 Å². The lowest BCUT2D eigenvalue weighted by molar-refractivity contribution is -0.138. The van der Waals surface area contributed by atoms with Crippen molar-refractivity contribution in [2.75, 3.05) is 6.61 Å². The molecule has 0 saturated heterocycles. The predicted molar refractivity (Wildman–Crippen MR) is 133 cm³/mol. The molecule has 0 fully saturated rings. The molecule has 0 bridgehead atoms. The van der Waals surface area contributed by atoms with Crippen molar-refractivity contribution >= 4 is 40.4 Å². The summed E-state index contributed by atoms with van der Waals surface area (Å²) >= 11 is 2.75. The molecule has 34 heavy (non-hydrogen) atoms. The number of hydrogen-bond acceptors (Lipinski definition) is 7. The number of carbonyl (C=O) groups excluding carboxylic acids is 1. The van der Waals surface area contributed by atoms with E-state index in [1.807, 2.05) is 47.8 Å². The van der Waals surface area contributed by atoms with Crippen LogP contribution in [0.1, 0.15) is 29.0 Å². The van der Waals surface area contributed by atoms with Crippen LogP contribution in [0.15, 0.2) is 87.5 Å². The second-order valence-electron chi connectivity index (χ2n) is 7.54. The Morgan fingerprint density at radius 2 is 1.88 bits per heavy atom. The molecule has 0 radical (unpaired) electrons. The summed E-state index contributed by atoms with van der Waals surface area (Å²) in [6, 6.07) is 19.3. The van der Waals surface area contributed by atoms with Crippen LogP contribution < -0.4 is 14.9 Å². The lowest BCUT2D eigenvalue weighted by Gasteiger charge is -2.24. The van der Waals surface area contributed by atoms with Gasteiger partial charge in [0.2, 0.25) is 0 Å². The van der Waals surface area contributed by atoms with Crippen molar-refractivity contribution < 1.29 is 14.6 Å². The van der Waals surface area contributed by atoms with E-state index in [1.165, 1.54) is 22.7 Å². The Balaban J connectivity index is 1.81. The third-order valence-corrected chi connectivity index (χ3v) is 7.28. The molecule has 0 amide bonds. The topological polar surface area (TPSA) is 80.9 Å². The van der Waals surface area contributed by atoms with E-state index in [1.54, 1.807) is 41.8 Å². The second-order valence-corrected chi connectivity index (χ2v) is 9.53. The third kappa shape index (κ3) is 4.02. The first-order valence-corrected chi connectivity index (χ1v) is 12.4. The van der Waals surface area contributed by atoms with Gasteiger partial charge in [-0.2, -0.15) is 0 Å². The number of thiophene rings is 1. The maximum atomic E-state index is 13.6. The highest BCUT2D eigenvalue weighted by molar-refractivity contribution is 7.10. The Hall–Kier alpha value is -3.75. The molecule has 1 atom stereocenters. The van der Waals surface area contributed by atoms with Gasteiger partial charge in [-0.05, 0) is 42.1 Å². The number of rotatable bonds is 5. The molecule has 1 aliphatic heterocycles. The van der Waals surface area contributed by atoms with E-state index in [2.05, 4.69) is 0 Å². The number of thiazole rings is 1. The number of phenolic OH excluding ortho intramolecular Hbond substituents is 1. The monoisotopic (exact) mass is 488 g/mol. The largest absolute Gasteiger partial charge is 0.508 e. The van der Waals surface area contributed by atoms with Crippen molar-refractivity contribution in [1.29, 1.82) is 0 Å². The summed E-state index contributed by atoms with van der Waals surface area (Å²) in [6.45, 7) is 1.97. The fraction of sp³-hybridized carbons (Fsp3) is 0.115. The van der Waals surface area contributed by atoms with Gasteiger partial charge in [-0.1, -0.05) is 59.9 Å². The van der Waals surface area contributed by atoms with Gasteiger partial charge in [0.05, 0.1) is 22.4 Å². The maximum absolute atomic E-state index is 13.6. The normalized spacial score (nSPS) is 15.7. The van der Waals surface area contributed by atoms with Gasteiger partial charge in [0.25, 0.3) is 5.56 Å². The first-order chi connectivity index (χ1) is 16.6. The van der Waals surface area contributed by atoms with Gasteiger partial charge in [0, 0.05) is 10.4 Å². The third-order valence-electron chi connectivity index (χ3n) is 5.38. The number of nitrogens with zero attached hydrogens (tertiary/aromatic N) is 2. The molecule has 3 heterocycles. The molecule has 1 N–H and O–H groups in total. The lowest BCUT2D eigenvalue weighted by Crippen LogP contribution is -2.39. The van der Waals surface area contributed by atoms with Crippen molar-refractivity contribution in [1.82, 2.24) is 4.57 Å². The van der Waals surface area contributed by atoms with Crippen molar-refractivity contribution in [2.24, 2.45) is 4.99 Å². The minimum Gasteiger partial charge on any atom is -0.508 e. The molecule has 0 unspecified atom stereocenters. The Kier molecular flexibility index (Phi) is 6.00. The molecule has 8 heteroatoms. The van der Waals surface area contributed by atoms with E-state index in [4.69, 9.17) is 9.73 Å². The Morgan fingerprint density at radius 3 is 2.56 bits per heavy atom. The minimum atomic E-state index is -0.646. The zero-order chi connectivity index (χ0) is 23.7. The van der Waals surface area contributed by atoms with Crippen LogP contribution >= 0.6 is 22.7 Å². The van der Waals surface area contributed by atoms with E-state index < -0.39 is 12.0 Å². The Bertz CT molecular complexity index is 1550. The van der Waals surface area contributed by atoms with Gasteiger partial charge in [0.15, 0.2) is 4.80 Å². The van der Waals surface area contributed by atoms with Crippen molar-refractivity contribution in [2.45, 2.75) is 13.0 Å². The average Bonchev–Trinajstić information content (AvgIpc) is 3.49. The first kappa shape index (κ1) is 22.1. The highest BCUT2D eigenvalue weighted by atomic mass is 32.1. The highest BCUT2D eigenvalue weighted by Gasteiger charge is 2.35. The van der Waals surface area contributed by atoms with Crippen LogP contribution in [0, 0.1) is 0 Å². The Morgan fingerprint density at radius 1 is 1.12 bits per heavy atom.